The highest BCUT2D eigenvalue weighted by Gasteiger charge is 2.11. The van der Waals surface area contributed by atoms with Crippen LogP contribution in [0.4, 0.5) is 0 Å². The number of nitrogens with zero attached hydrogens (tertiary/aromatic N) is 1. The van der Waals surface area contributed by atoms with Crippen LogP contribution in [0.3, 0.4) is 0 Å². The fraction of sp³-hybridized carbons (Fsp3) is 0.333. The summed E-state index contributed by atoms with van der Waals surface area (Å²) < 4.78 is 26.8. The highest BCUT2D eigenvalue weighted by atomic mass is 32.2. The molecule has 0 radical (unpaired) electrons. The van der Waals surface area contributed by atoms with Gasteiger partial charge in [-0.15, -0.1) is 0 Å². The zero-order chi connectivity index (χ0) is 11.5. The first kappa shape index (κ1) is 11.6. The number of esters is 1. The van der Waals surface area contributed by atoms with Gasteiger partial charge in [0.25, 0.3) is 0 Å². The van der Waals surface area contributed by atoms with E-state index < -0.39 is 15.8 Å². The second-order valence-electron chi connectivity index (χ2n) is 2.88. The number of carbonyl (C=O) groups excluding carboxylic acids is 1. The molecule has 0 spiro atoms. The van der Waals surface area contributed by atoms with E-state index in [1.807, 2.05) is 0 Å². The molecule has 0 aliphatic rings. The van der Waals surface area contributed by atoms with E-state index >= 15 is 0 Å². The van der Waals surface area contributed by atoms with Crippen molar-refractivity contribution >= 4 is 15.8 Å². The van der Waals surface area contributed by atoms with Gasteiger partial charge in [0.05, 0.1) is 12.2 Å². The first-order chi connectivity index (χ1) is 6.95. The molecule has 5 nitrogen and oxygen atoms in total. The number of aromatic nitrogens is 1. The predicted molar refractivity (Wildman–Crippen MR) is 53.3 cm³/mol. The number of rotatable bonds is 3. The number of pyridine rings is 1. The minimum absolute atomic E-state index is 0.0597. The number of ether oxygens (including phenoxy) is 1. The van der Waals surface area contributed by atoms with Gasteiger partial charge in [-0.2, -0.15) is 0 Å². The Hall–Kier alpha value is -1.43. The minimum atomic E-state index is -3.32. The molecule has 1 aromatic heterocycles. The largest absolute Gasteiger partial charge is 0.462 e. The molecule has 1 aromatic rings. The average Bonchev–Trinajstić information content (AvgIpc) is 2.17. The van der Waals surface area contributed by atoms with Gasteiger partial charge < -0.3 is 4.74 Å². The Bertz CT molecular complexity index is 450. The van der Waals surface area contributed by atoms with E-state index in [1.165, 1.54) is 18.3 Å². The van der Waals surface area contributed by atoms with E-state index in [2.05, 4.69) is 4.98 Å². The second-order valence-corrected chi connectivity index (χ2v) is 4.84. The molecule has 0 aliphatic heterocycles. The van der Waals surface area contributed by atoms with E-state index in [-0.39, 0.29) is 17.2 Å². The molecule has 0 N–H and O–H groups in total. The fourth-order valence-corrected chi connectivity index (χ4v) is 1.49. The molecule has 1 rings (SSSR count). The maximum Gasteiger partial charge on any atom is 0.339 e. The normalized spacial score (nSPS) is 11.1. The molecule has 0 amide bonds. The number of sulfone groups is 1. The molecule has 15 heavy (non-hydrogen) atoms. The summed E-state index contributed by atoms with van der Waals surface area (Å²) in [6.45, 7) is 1.96. The summed E-state index contributed by atoms with van der Waals surface area (Å²) in [5.74, 6) is -0.509. The van der Waals surface area contributed by atoms with E-state index in [1.54, 1.807) is 6.92 Å². The lowest BCUT2D eigenvalue weighted by Crippen LogP contribution is -2.07. The zero-order valence-electron chi connectivity index (χ0n) is 8.43. The smallest absolute Gasteiger partial charge is 0.339 e. The Morgan fingerprint density at radius 1 is 1.47 bits per heavy atom. The van der Waals surface area contributed by atoms with Gasteiger partial charge >= 0.3 is 5.97 Å². The van der Waals surface area contributed by atoms with Gasteiger partial charge in [0.2, 0.25) is 0 Å². The third kappa shape index (κ3) is 3.02. The Balaban J connectivity index is 2.96. The standard InChI is InChI=1S/C9H11NO4S/c1-3-14-9(11)7-4-5-8(10-6-7)15(2,12)13/h4-6H,3H2,1-2H3. The number of hydrogen-bond donors (Lipinski definition) is 0. The van der Waals surface area contributed by atoms with Gasteiger partial charge in [-0.05, 0) is 19.1 Å². The average molecular weight is 229 g/mol. The van der Waals surface area contributed by atoms with Crippen molar-refractivity contribution in [2.45, 2.75) is 11.9 Å². The van der Waals surface area contributed by atoms with Crippen LogP contribution in [0.25, 0.3) is 0 Å². The molecule has 0 unspecified atom stereocenters. The van der Waals surface area contributed by atoms with Gasteiger partial charge in [-0.3, -0.25) is 0 Å². The highest BCUT2D eigenvalue weighted by Crippen LogP contribution is 2.07. The summed E-state index contributed by atoms with van der Waals surface area (Å²) in [4.78, 5) is 14.9. The third-order valence-corrected chi connectivity index (χ3v) is 2.63. The van der Waals surface area contributed by atoms with Crippen LogP contribution in [-0.2, 0) is 14.6 Å². The molecule has 82 valence electrons. The van der Waals surface area contributed by atoms with Crippen LogP contribution in [-0.4, -0.2) is 32.2 Å². The molecule has 0 aromatic carbocycles. The van der Waals surface area contributed by atoms with E-state index in [9.17, 15) is 13.2 Å². The first-order valence-electron chi connectivity index (χ1n) is 4.28. The molecule has 6 heteroatoms. The molecular weight excluding hydrogens is 218 g/mol. The SMILES string of the molecule is CCOC(=O)c1ccc(S(C)(=O)=O)nc1. The van der Waals surface area contributed by atoms with Crippen molar-refractivity contribution in [1.82, 2.24) is 4.98 Å². The first-order valence-corrected chi connectivity index (χ1v) is 6.17. The molecular formula is C9H11NO4S. The van der Waals surface area contributed by atoms with Crippen molar-refractivity contribution in [2.75, 3.05) is 12.9 Å². The molecule has 0 saturated heterocycles. The second kappa shape index (κ2) is 4.39. The van der Waals surface area contributed by atoms with Crippen LogP contribution in [0.1, 0.15) is 17.3 Å². The fourth-order valence-electron chi connectivity index (χ4n) is 0.935. The van der Waals surface area contributed by atoms with Gasteiger partial charge in [-0.1, -0.05) is 0 Å². The van der Waals surface area contributed by atoms with Crippen molar-refractivity contribution in [3.05, 3.63) is 23.9 Å². The van der Waals surface area contributed by atoms with Crippen LogP contribution in [0.5, 0.6) is 0 Å². The summed E-state index contributed by atoms with van der Waals surface area (Å²) in [5, 5.41) is -0.0597. The Kier molecular flexibility index (Phi) is 3.41. The van der Waals surface area contributed by atoms with Crippen molar-refractivity contribution in [1.29, 1.82) is 0 Å². The van der Waals surface area contributed by atoms with Crippen LogP contribution in [0, 0.1) is 0 Å². The monoisotopic (exact) mass is 229 g/mol. The van der Waals surface area contributed by atoms with Crippen molar-refractivity contribution in [3.8, 4) is 0 Å². The number of hydrogen-bond acceptors (Lipinski definition) is 5. The van der Waals surface area contributed by atoms with Crippen LogP contribution in [0.2, 0.25) is 0 Å². The summed E-state index contributed by atoms with van der Waals surface area (Å²) in [6, 6.07) is 2.66. The summed E-state index contributed by atoms with van der Waals surface area (Å²) >= 11 is 0. The molecule has 0 saturated carbocycles. The lowest BCUT2D eigenvalue weighted by molar-refractivity contribution is 0.0525. The Labute approximate surface area is 88.0 Å². The highest BCUT2D eigenvalue weighted by molar-refractivity contribution is 7.90. The van der Waals surface area contributed by atoms with E-state index in [4.69, 9.17) is 4.74 Å². The van der Waals surface area contributed by atoms with Crippen LogP contribution < -0.4 is 0 Å². The molecule has 0 fully saturated rings. The van der Waals surface area contributed by atoms with Crippen molar-refractivity contribution < 1.29 is 17.9 Å². The van der Waals surface area contributed by atoms with E-state index in [0.29, 0.717) is 0 Å². The van der Waals surface area contributed by atoms with Crippen LogP contribution in [0.15, 0.2) is 23.4 Å². The predicted octanol–water partition coefficient (Wildman–Crippen LogP) is 0.662. The summed E-state index contributed by atoms with van der Waals surface area (Å²) in [5.41, 5.74) is 0.240. The van der Waals surface area contributed by atoms with Gasteiger partial charge in [0, 0.05) is 12.5 Å². The van der Waals surface area contributed by atoms with E-state index in [0.717, 1.165) is 6.26 Å². The lowest BCUT2D eigenvalue weighted by Gasteiger charge is -2.01. The molecule has 0 bridgehead atoms. The minimum Gasteiger partial charge on any atom is -0.462 e. The molecule has 0 aliphatic carbocycles. The topological polar surface area (TPSA) is 73.3 Å². The quantitative estimate of drug-likeness (QED) is 0.712. The van der Waals surface area contributed by atoms with Crippen molar-refractivity contribution in [2.24, 2.45) is 0 Å². The lowest BCUT2D eigenvalue weighted by atomic mass is 10.3. The van der Waals surface area contributed by atoms with Crippen molar-refractivity contribution in [3.63, 3.8) is 0 Å². The maximum absolute atomic E-state index is 11.2. The van der Waals surface area contributed by atoms with Gasteiger partial charge in [0.15, 0.2) is 14.9 Å². The van der Waals surface area contributed by atoms with Gasteiger partial charge in [0.1, 0.15) is 0 Å². The third-order valence-electron chi connectivity index (χ3n) is 1.63. The Morgan fingerprint density at radius 3 is 2.53 bits per heavy atom. The summed E-state index contributed by atoms with van der Waals surface area (Å²) in [6.07, 6.45) is 2.24. The summed E-state index contributed by atoms with van der Waals surface area (Å²) in [7, 11) is -3.32. The number of carbonyl (C=O) groups is 1. The molecule has 0 atom stereocenters. The van der Waals surface area contributed by atoms with Crippen LogP contribution >= 0.6 is 0 Å². The molecule has 1 heterocycles. The van der Waals surface area contributed by atoms with Gasteiger partial charge in [-0.25, -0.2) is 18.2 Å². The maximum atomic E-state index is 11.2. The zero-order valence-corrected chi connectivity index (χ0v) is 9.24. The Morgan fingerprint density at radius 2 is 2.13 bits per heavy atom.